The monoisotopic (exact) mass is 546 g/mol. The second-order valence-corrected chi connectivity index (χ2v) is 11.6. The van der Waals surface area contributed by atoms with Crippen molar-refractivity contribution < 1.29 is 4.79 Å². The van der Waals surface area contributed by atoms with Crippen molar-refractivity contribution in [2.45, 2.75) is 35.3 Å². The van der Waals surface area contributed by atoms with Crippen LogP contribution < -0.4 is 5.32 Å². The Morgan fingerprint density at radius 1 is 1.39 bits per heavy atom. The molecule has 0 spiro atoms. The minimum atomic E-state index is -0.489. The molecule has 3 aliphatic rings. The summed E-state index contributed by atoms with van der Waals surface area (Å²) in [5.74, 6) is 0.305. The van der Waals surface area contributed by atoms with Crippen LogP contribution in [0.15, 0.2) is 12.3 Å². The summed E-state index contributed by atoms with van der Waals surface area (Å²) in [6.45, 7) is 4.31. The number of anilines is 1. The number of nitrogens with one attached hydrogen (secondary N) is 1. The standard InChI is InChI=1S/C15H15Br3Cl2N2O/c1-13(2)14(11(17)18)3-4-15(13,10(14)16)12(23)22-9-8(20)5-7(19)6-21-9/h5-6,10-11H,3-4H2,1-2H3,(H,21,22,23)/t10-,14-,15+/m1/s1. The Labute approximate surface area is 170 Å². The highest BCUT2D eigenvalue weighted by atomic mass is 79.9. The van der Waals surface area contributed by atoms with Crippen LogP contribution in [0.1, 0.15) is 26.7 Å². The van der Waals surface area contributed by atoms with E-state index in [-0.39, 0.29) is 25.3 Å². The van der Waals surface area contributed by atoms with E-state index in [1.807, 2.05) is 0 Å². The Kier molecular flexibility index (Phi) is 4.67. The molecule has 1 aromatic rings. The quantitative estimate of drug-likeness (QED) is 0.469. The van der Waals surface area contributed by atoms with Crippen molar-refractivity contribution in [3.8, 4) is 0 Å². The van der Waals surface area contributed by atoms with Gasteiger partial charge in [0, 0.05) is 16.4 Å². The van der Waals surface area contributed by atoms with Crippen LogP contribution in [0.3, 0.4) is 0 Å². The highest BCUT2D eigenvalue weighted by Crippen LogP contribution is 2.82. The van der Waals surface area contributed by atoms with Crippen LogP contribution >= 0.6 is 71.0 Å². The van der Waals surface area contributed by atoms with Crippen LogP contribution in [-0.2, 0) is 4.79 Å². The Hall–Kier alpha value is 0.640. The van der Waals surface area contributed by atoms with Crippen LogP contribution in [0.5, 0.6) is 0 Å². The topological polar surface area (TPSA) is 42.0 Å². The first-order valence-electron chi connectivity index (χ1n) is 7.16. The third-order valence-corrected chi connectivity index (χ3v) is 9.66. The molecule has 0 radical (unpaired) electrons. The predicted molar refractivity (Wildman–Crippen MR) is 105 cm³/mol. The summed E-state index contributed by atoms with van der Waals surface area (Å²) in [5, 5.41) is 3.68. The summed E-state index contributed by atoms with van der Waals surface area (Å²) in [7, 11) is 0. The molecule has 8 heteroatoms. The van der Waals surface area contributed by atoms with E-state index in [1.165, 1.54) is 6.20 Å². The number of aromatic nitrogens is 1. The number of nitrogens with zero attached hydrogens (tertiary/aromatic N) is 1. The lowest BCUT2D eigenvalue weighted by Crippen LogP contribution is -2.71. The van der Waals surface area contributed by atoms with Crippen molar-refractivity contribution in [1.82, 2.24) is 4.98 Å². The molecule has 1 N–H and O–H groups in total. The summed E-state index contributed by atoms with van der Waals surface area (Å²) >= 11 is 23.1. The van der Waals surface area contributed by atoms with Crippen molar-refractivity contribution in [3.05, 3.63) is 22.3 Å². The van der Waals surface area contributed by atoms with Crippen LogP contribution in [0.2, 0.25) is 10.0 Å². The maximum atomic E-state index is 13.1. The van der Waals surface area contributed by atoms with Gasteiger partial charge in [-0.25, -0.2) is 4.98 Å². The van der Waals surface area contributed by atoms with E-state index in [0.29, 0.717) is 15.9 Å². The smallest absolute Gasteiger partial charge is 0.233 e. The van der Waals surface area contributed by atoms with Crippen molar-refractivity contribution >= 4 is 82.7 Å². The van der Waals surface area contributed by atoms with Crippen LogP contribution in [0.4, 0.5) is 5.82 Å². The number of alkyl halides is 3. The molecule has 3 aliphatic carbocycles. The summed E-state index contributed by atoms with van der Waals surface area (Å²) in [5.41, 5.74) is -0.673. The lowest BCUT2D eigenvalue weighted by atomic mass is 9.43. The molecule has 4 rings (SSSR count). The number of carbonyl (C=O) groups is 1. The van der Waals surface area contributed by atoms with E-state index in [0.717, 1.165) is 12.8 Å². The van der Waals surface area contributed by atoms with E-state index < -0.39 is 5.41 Å². The number of rotatable bonds is 3. The minimum Gasteiger partial charge on any atom is -0.309 e. The third kappa shape index (κ3) is 2.17. The Morgan fingerprint density at radius 3 is 2.52 bits per heavy atom. The molecule has 1 heterocycles. The van der Waals surface area contributed by atoms with Gasteiger partial charge in [0.1, 0.15) is 0 Å². The Bertz CT molecular complexity index is 685. The number of amides is 1. The molecule has 2 bridgehead atoms. The minimum absolute atomic E-state index is 0.0123. The van der Waals surface area contributed by atoms with Crippen molar-refractivity contribution in [1.29, 1.82) is 0 Å². The summed E-state index contributed by atoms with van der Waals surface area (Å²) in [4.78, 5) is 17.3. The maximum absolute atomic E-state index is 13.1. The van der Waals surface area contributed by atoms with Gasteiger partial charge >= 0.3 is 0 Å². The summed E-state index contributed by atoms with van der Waals surface area (Å²) < 4.78 is 0.141. The molecule has 1 amide bonds. The van der Waals surface area contributed by atoms with E-state index in [4.69, 9.17) is 23.2 Å². The van der Waals surface area contributed by atoms with Gasteiger partial charge < -0.3 is 5.32 Å². The number of pyridine rings is 1. The van der Waals surface area contributed by atoms with Gasteiger partial charge in [-0.2, -0.15) is 0 Å². The highest BCUT2D eigenvalue weighted by Gasteiger charge is 2.83. The zero-order valence-electron chi connectivity index (χ0n) is 12.5. The fraction of sp³-hybridized carbons (Fsp3) is 0.600. The zero-order valence-corrected chi connectivity index (χ0v) is 18.7. The molecule has 3 atom stereocenters. The number of hydrogen-bond donors (Lipinski definition) is 1. The van der Waals surface area contributed by atoms with Gasteiger partial charge in [0.05, 0.1) is 19.2 Å². The number of hydrogen-bond acceptors (Lipinski definition) is 2. The number of carbonyl (C=O) groups excluding carboxylic acids is 1. The van der Waals surface area contributed by atoms with Gasteiger partial charge in [-0.05, 0) is 24.3 Å². The molecule has 3 fully saturated rings. The average Bonchev–Trinajstić information content (AvgIpc) is 2.91. The molecule has 3 nitrogen and oxygen atoms in total. The number of fused-ring (bicyclic) bond motifs is 1. The van der Waals surface area contributed by atoms with Gasteiger partial charge in [0.25, 0.3) is 0 Å². The molecular formula is C15H15Br3Cl2N2O. The lowest BCUT2D eigenvalue weighted by Gasteiger charge is -2.66. The maximum Gasteiger partial charge on any atom is 0.233 e. The molecule has 0 aliphatic heterocycles. The van der Waals surface area contributed by atoms with Crippen LogP contribution in [-0.4, -0.2) is 19.5 Å². The Morgan fingerprint density at radius 2 is 2.04 bits per heavy atom. The Balaban J connectivity index is 1.92. The summed E-state index contributed by atoms with van der Waals surface area (Å²) in [6.07, 6.45) is 3.26. The predicted octanol–water partition coefficient (Wildman–Crippen LogP) is 6.01. The fourth-order valence-corrected chi connectivity index (χ4v) is 9.77. The molecule has 0 unspecified atom stereocenters. The van der Waals surface area contributed by atoms with E-state index in [1.54, 1.807) is 6.07 Å². The zero-order chi connectivity index (χ0) is 17.2. The van der Waals surface area contributed by atoms with Gasteiger partial charge in [-0.15, -0.1) is 0 Å². The normalized spacial score (nSPS) is 34.3. The molecule has 1 aromatic heterocycles. The fourth-order valence-electron chi connectivity index (χ4n) is 4.42. The van der Waals surface area contributed by atoms with Gasteiger partial charge in [-0.3, -0.25) is 4.79 Å². The molecule has 3 saturated carbocycles. The lowest BCUT2D eigenvalue weighted by molar-refractivity contribution is -0.155. The molecule has 23 heavy (non-hydrogen) atoms. The number of halogens is 5. The molecule has 0 aromatic carbocycles. The van der Waals surface area contributed by atoms with Gasteiger partial charge in [-0.1, -0.05) is 84.8 Å². The van der Waals surface area contributed by atoms with Crippen LogP contribution in [0, 0.1) is 16.2 Å². The molecule has 0 saturated heterocycles. The molecular weight excluding hydrogens is 535 g/mol. The van der Waals surface area contributed by atoms with Crippen molar-refractivity contribution in [2.75, 3.05) is 5.32 Å². The second-order valence-electron chi connectivity index (χ2n) is 6.74. The van der Waals surface area contributed by atoms with Crippen molar-refractivity contribution in [2.24, 2.45) is 16.2 Å². The molecule has 126 valence electrons. The first-order valence-corrected chi connectivity index (χ1v) is 10.7. The van der Waals surface area contributed by atoms with E-state index in [2.05, 4.69) is 71.9 Å². The van der Waals surface area contributed by atoms with Gasteiger partial charge in [0.15, 0.2) is 5.82 Å². The average molecular weight is 550 g/mol. The van der Waals surface area contributed by atoms with Crippen molar-refractivity contribution in [3.63, 3.8) is 0 Å². The SMILES string of the molecule is CC1(C)[C@]2(C(Br)Br)CC[C@@]1(C(=O)Nc1ncc(Cl)cc1Cl)[C@@H]2Br. The second kappa shape index (κ2) is 5.83. The summed E-state index contributed by atoms with van der Waals surface area (Å²) in [6, 6.07) is 1.58. The third-order valence-electron chi connectivity index (χ3n) is 5.93. The largest absolute Gasteiger partial charge is 0.309 e. The first-order chi connectivity index (χ1) is 10.6. The highest BCUT2D eigenvalue weighted by molar-refractivity contribution is 9.24. The van der Waals surface area contributed by atoms with Gasteiger partial charge in [0.2, 0.25) is 5.91 Å². The first kappa shape index (κ1) is 18.4. The van der Waals surface area contributed by atoms with E-state index in [9.17, 15) is 4.79 Å². The van der Waals surface area contributed by atoms with E-state index >= 15 is 0 Å². The van der Waals surface area contributed by atoms with Crippen LogP contribution in [0.25, 0.3) is 0 Å².